The molecule has 2 aliphatic heterocycles. The molecule has 1 saturated heterocycles. The number of ether oxygens (including phenoxy) is 2. The fourth-order valence-electron chi connectivity index (χ4n) is 3.94. The first-order valence-corrected chi connectivity index (χ1v) is 10.5. The summed E-state index contributed by atoms with van der Waals surface area (Å²) < 4.78 is 11.5. The molecular weight excluding hydrogens is 364 g/mol. The third-order valence-corrected chi connectivity index (χ3v) is 5.46. The first-order chi connectivity index (χ1) is 14.3. The molecule has 0 spiro atoms. The van der Waals surface area contributed by atoms with Gasteiger partial charge in [0.25, 0.3) is 0 Å². The molecule has 0 bridgehead atoms. The van der Waals surface area contributed by atoms with Crippen LogP contribution in [-0.2, 0) is 0 Å². The Hall–Kier alpha value is -2.73. The molecule has 2 heterocycles. The van der Waals surface area contributed by atoms with Crippen LogP contribution in [0.5, 0.6) is 11.5 Å². The summed E-state index contributed by atoms with van der Waals surface area (Å²) in [7, 11) is 1.80. The maximum absolute atomic E-state index is 5.80. The molecule has 2 N–H and O–H groups in total. The van der Waals surface area contributed by atoms with Crippen LogP contribution >= 0.6 is 0 Å². The monoisotopic (exact) mass is 394 g/mol. The zero-order chi connectivity index (χ0) is 19.9. The van der Waals surface area contributed by atoms with Crippen LogP contribution in [-0.4, -0.2) is 50.8 Å². The summed E-state index contributed by atoms with van der Waals surface area (Å²) in [5, 5.41) is 6.89. The summed E-state index contributed by atoms with van der Waals surface area (Å²) in [5.74, 6) is 2.33. The first-order valence-electron chi connectivity index (χ1n) is 10.5. The molecule has 0 aliphatic carbocycles. The predicted octanol–water partition coefficient (Wildman–Crippen LogP) is 3.67. The van der Waals surface area contributed by atoms with Crippen molar-refractivity contribution in [1.82, 2.24) is 10.2 Å². The van der Waals surface area contributed by atoms with Gasteiger partial charge in [-0.1, -0.05) is 30.3 Å². The number of aliphatic imine (C=N–C) groups is 1. The highest BCUT2D eigenvalue weighted by atomic mass is 16.5. The highest BCUT2D eigenvalue weighted by Crippen LogP contribution is 2.32. The van der Waals surface area contributed by atoms with Gasteiger partial charge in [0.2, 0.25) is 0 Å². The topological polar surface area (TPSA) is 58.1 Å². The molecule has 154 valence electrons. The molecule has 2 aliphatic rings. The second-order valence-electron chi connectivity index (χ2n) is 7.46. The lowest BCUT2D eigenvalue weighted by molar-refractivity contribution is 0.246. The average molecular weight is 395 g/mol. The fourth-order valence-corrected chi connectivity index (χ4v) is 3.94. The molecule has 1 atom stereocenters. The summed E-state index contributed by atoms with van der Waals surface area (Å²) in [4.78, 5) is 6.97. The number of hydrogen-bond donors (Lipinski definition) is 2. The zero-order valence-corrected chi connectivity index (χ0v) is 17.1. The number of rotatable bonds is 5. The Morgan fingerprint density at radius 3 is 2.52 bits per heavy atom. The summed E-state index contributed by atoms with van der Waals surface area (Å²) in [5.41, 5.74) is 2.27. The van der Waals surface area contributed by atoms with Crippen molar-refractivity contribution in [1.29, 1.82) is 0 Å². The normalized spacial score (nSPS) is 18.2. The van der Waals surface area contributed by atoms with E-state index in [2.05, 4.69) is 50.9 Å². The number of nitrogens with zero attached hydrogens (tertiary/aromatic N) is 2. The van der Waals surface area contributed by atoms with E-state index in [0.29, 0.717) is 19.3 Å². The van der Waals surface area contributed by atoms with Crippen LogP contribution in [0, 0.1) is 0 Å². The molecule has 0 aromatic heterocycles. The lowest BCUT2D eigenvalue weighted by atomic mass is 10.1. The molecule has 0 saturated carbocycles. The van der Waals surface area contributed by atoms with E-state index in [1.165, 1.54) is 18.4 Å². The van der Waals surface area contributed by atoms with Crippen LogP contribution in [0.3, 0.4) is 0 Å². The van der Waals surface area contributed by atoms with E-state index in [1.54, 1.807) is 7.05 Å². The maximum Gasteiger partial charge on any atom is 0.195 e. The minimum absolute atomic E-state index is 0.334. The van der Waals surface area contributed by atoms with Crippen molar-refractivity contribution < 1.29 is 9.47 Å². The van der Waals surface area contributed by atoms with E-state index >= 15 is 0 Å². The van der Waals surface area contributed by atoms with Gasteiger partial charge >= 0.3 is 0 Å². The van der Waals surface area contributed by atoms with Crippen LogP contribution in [0.2, 0.25) is 0 Å². The smallest absolute Gasteiger partial charge is 0.195 e. The lowest BCUT2D eigenvalue weighted by Gasteiger charge is -2.29. The number of guanidine groups is 1. The fraction of sp³-hybridized carbons (Fsp3) is 0.435. The van der Waals surface area contributed by atoms with Gasteiger partial charge in [0.1, 0.15) is 0 Å². The Morgan fingerprint density at radius 1 is 1.00 bits per heavy atom. The minimum Gasteiger partial charge on any atom is -0.490 e. The van der Waals surface area contributed by atoms with Gasteiger partial charge in [-0.25, -0.2) is 0 Å². The molecule has 1 unspecified atom stereocenters. The van der Waals surface area contributed by atoms with Crippen molar-refractivity contribution in [3.05, 3.63) is 54.1 Å². The third-order valence-electron chi connectivity index (χ3n) is 5.46. The van der Waals surface area contributed by atoms with Gasteiger partial charge < -0.3 is 20.1 Å². The van der Waals surface area contributed by atoms with Crippen molar-refractivity contribution in [2.45, 2.75) is 25.3 Å². The van der Waals surface area contributed by atoms with Gasteiger partial charge in [-0.2, -0.15) is 0 Å². The maximum atomic E-state index is 5.80. The molecule has 2 aromatic rings. The van der Waals surface area contributed by atoms with Gasteiger partial charge in [0.15, 0.2) is 17.5 Å². The largest absolute Gasteiger partial charge is 0.490 e. The lowest BCUT2D eigenvalue weighted by Crippen LogP contribution is -2.39. The molecular formula is C23H30N4O2. The minimum atomic E-state index is 0.334. The Kier molecular flexibility index (Phi) is 6.52. The zero-order valence-electron chi connectivity index (χ0n) is 17.1. The van der Waals surface area contributed by atoms with Crippen LogP contribution in [0.1, 0.15) is 30.9 Å². The van der Waals surface area contributed by atoms with Gasteiger partial charge in [0, 0.05) is 31.8 Å². The van der Waals surface area contributed by atoms with Crippen molar-refractivity contribution in [2.24, 2.45) is 4.99 Å². The predicted molar refractivity (Wildman–Crippen MR) is 117 cm³/mol. The highest BCUT2D eigenvalue weighted by Gasteiger charge is 2.23. The summed E-state index contributed by atoms with van der Waals surface area (Å²) in [6.45, 7) is 4.47. The Morgan fingerprint density at radius 2 is 1.76 bits per heavy atom. The molecule has 2 aromatic carbocycles. The van der Waals surface area contributed by atoms with Crippen LogP contribution in [0.15, 0.2) is 53.5 Å². The number of anilines is 1. The third kappa shape index (κ3) is 5.01. The molecule has 6 nitrogen and oxygen atoms in total. The van der Waals surface area contributed by atoms with Crippen molar-refractivity contribution >= 4 is 11.6 Å². The Balaban J connectivity index is 1.42. The number of nitrogens with one attached hydrogen (secondary N) is 2. The molecule has 6 heteroatoms. The van der Waals surface area contributed by atoms with Crippen LogP contribution < -0.4 is 20.1 Å². The van der Waals surface area contributed by atoms with Gasteiger partial charge in [-0.15, -0.1) is 0 Å². The second-order valence-corrected chi connectivity index (χ2v) is 7.46. The molecule has 0 radical (unpaired) electrons. The molecule has 0 amide bonds. The summed E-state index contributed by atoms with van der Waals surface area (Å²) >= 11 is 0. The number of hydrogen-bond acceptors (Lipinski definition) is 4. The quantitative estimate of drug-likeness (QED) is 0.599. The number of benzene rings is 2. The average Bonchev–Trinajstić information content (AvgIpc) is 3.19. The standard InChI is InChI=1S/C23H30N4O2/c1-24-23(26-19-10-11-21-22(16-19)29-15-7-14-28-21)25-17-20(27-12-5-6-13-27)18-8-3-2-4-9-18/h2-4,8-11,16,20H,5-7,12-15,17H2,1H3,(H2,24,25,26). The van der Waals surface area contributed by atoms with Crippen molar-refractivity contribution in [2.75, 3.05) is 45.2 Å². The molecule has 1 fully saturated rings. The molecule has 29 heavy (non-hydrogen) atoms. The van der Waals surface area contributed by atoms with Gasteiger partial charge in [0.05, 0.1) is 19.3 Å². The van der Waals surface area contributed by atoms with E-state index in [0.717, 1.165) is 49.2 Å². The van der Waals surface area contributed by atoms with Gasteiger partial charge in [-0.3, -0.25) is 9.89 Å². The second kappa shape index (κ2) is 9.65. The first kappa shape index (κ1) is 19.6. The van der Waals surface area contributed by atoms with Gasteiger partial charge in [-0.05, 0) is 43.6 Å². The number of likely N-dealkylation sites (tertiary alicyclic amines) is 1. The van der Waals surface area contributed by atoms with Crippen molar-refractivity contribution in [3.63, 3.8) is 0 Å². The van der Waals surface area contributed by atoms with E-state index in [1.807, 2.05) is 18.2 Å². The highest BCUT2D eigenvalue weighted by molar-refractivity contribution is 5.93. The summed E-state index contributed by atoms with van der Waals surface area (Å²) in [6, 6.07) is 17.0. The number of fused-ring (bicyclic) bond motifs is 1. The summed E-state index contributed by atoms with van der Waals surface area (Å²) in [6.07, 6.45) is 3.44. The van der Waals surface area contributed by atoms with Crippen LogP contribution in [0.4, 0.5) is 5.69 Å². The Labute approximate surface area is 172 Å². The van der Waals surface area contributed by atoms with E-state index < -0.39 is 0 Å². The van der Waals surface area contributed by atoms with E-state index in [9.17, 15) is 0 Å². The van der Waals surface area contributed by atoms with E-state index in [-0.39, 0.29) is 0 Å². The van der Waals surface area contributed by atoms with Crippen LogP contribution in [0.25, 0.3) is 0 Å². The Bertz CT molecular complexity index is 819. The SMILES string of the molecule is CN=C(NCC(c1ccccc1)N1CCCC1)Nc1ccc2c(c1)OCCCO2. The van der Waals surface area contributed by atoms with E-state index in [4.69, 9.17) is 9.47 Å². The van der Waals surface area contributed by atoms with Crippen molar-refractivity contribution in [3.8, 4) is 11.5 Å². The molecule has 4 rings (SSSR count).